The lowest BCUT2D eigenvalue weighted by Gasteiger charge is -2.12. The minimum Gasteiger partial charge on any atom is -0.493 e. The van der Waals surface area contributed by atoms with Gasteiger partial charge in [-0.3, -0.25) is 10.1 Å². The van der Waals surface area contributed by atoms with Gasteiger partial charge in [-0.15, -0.1) is 0 Å². The summed E-state index contributed by atoms with van der Waals surface area (Å²) in [7, 11) is 1.19. The molecule has 0 aliphatic carbocycles. The second-order valence-electron chi connectivity index (χ2n) is 5.88. The third kappa shape index (κ3) is 4.71. The van der Waals surface area contributed by atoms with Gasteiger partial charge in [0.15, 0.2) is 11.5 Å². The monoisotopic (exact) mass is 438 g/mol. The third-order valence-electron chi connectivity index (χ3n) is 4.03. The van der Waals surface area contributed by atoms with E-state index in [9.17, 15) is 23.7 Å². The Morgan fingerprint density at radius 1 is 1.20 bits per heavy atom. The van der Waals surface area contributed by atoms with Crippen LogP contribution in [0.2, 0.25) is 5.15 Å². The van der Waals surface area contributed by atoms with Crippen LogP contribution in [0.4, 0.5) is 14.5 Å². The van der Waals surface area contributed by atoms with Gasteiger partial charge in [-0.2, -0.15) is 8.78 Å². The first kappa shape index (κ1) is 21.2. The quantitative estimate of drug-likeness (QED) is 0.227. The number of halogens is 3. The number of nitro groups is 1. The normalized spacial score (nSPS) is 10.8. The van der Waals surface area contributed by atoms with Crippen molar-refractivity contribution in [3.63, 3.8) is 0 Å². The summed E-state index contributed by atoms with van der Waals surface area (Å²) in [6.45, 7) is -3.68. The zero-order valence-electron chi connectivity index (χ0n) is 15.3. The molecule has 1 heterocycles. The highest BCUT2D eigenvalue weighted by molar-refractivity contribution is 6.29. The highest BCUT2D eigenvalue weighted by atomic mass is 35.5. The maximum Gasteiger partial charge on any atom is 0.387 e. The number of fused-ring (bicyclic) bond motifs is 1. The smallest absolute Gasteiger partial charge is 0.387 e. The highest BCUT2D eigenvalue weighted by Gasteiger charge is 2.23. The Bertz CT molecular complexity index is 1130. The molecule has 0 bridgehead atoms. The molecule has 0 aliphatic heterocycles. The summed E-state index contributed by atoms with van der Waals surface area (Å²) in [6, 6.07) is 9.74. The summed E-state index contributed by atoms with van der Waals surface area (Å²) in [5, 5.41) is 12.3. The molecule has 8 nitrogen and oxygen atoms in total. The minimum atomic E-state index is -3.19. The number of nitro benzene ring substituents is 1. The summed E-state index contributed by atoms with van der Waals surface area (Å²) >= 11 is 5.82. The van der Waals surface area contributed by atoms with E-state index in [4.69, 9.17) is 21.1 Å². The van der Waals surface area contributed by atoms with E-state index in [1.807, 2.05) is 0 Å². The Morgan fingerprint density at radius 3 is 2.63 bits per heavy atom. The fraction of sp³-hybridized carbons (Fsp3) is 0.158. The average Bonchev–Trinajstić information content (AvgIpc) is 2.71. The van der Waals surface area contributed by atoms with Gasteiger partial charge in [0, 0.05) is 5.39 Å². The standard InChI is InChI=1S/C19H13ClF2N2O6/c1-28-15-7-12(14(24(26)27)8-16(15)30-19(21)22)9-29-18(25)11-2-4-13-10(6-11)3-5-17(20)23-13/h2-8,19H,9H2,1H3. The van der Waals surface area contributed by atoms with E-state index >= 15 is 0 Å². The molecule has 3 rings (SSSR count). The number of ether oxygens (including phenoxy) is 3. The molecule has 0 fully saturated rings. The van der Waals surface area contributed by atoms with Crippen LogP contribution in [0.3, 0.4) is 0 Å². The summed E-state index contributed by atoms with van der Waals surface area (Å²) in [4.78, 5) is 27.0. The topological polar surface area (TPSA) is 101 Å². The highest BCUT2D eigenvalue weighted by Crippen LogP contribution is 2.36. The van der Waals surface area contributed by atoms with E-state index in [1.54, 1.807) is 18.2 Å². The van der Waals surface area contributed by atoms with Crippen molar-refractivity contribution < 1.29 is 32.7 Å². The summed E-state index contributed by atoms with van der Waals surface area (Å²) < 4.78 is 39.4. The van der Waals surface area contributed by atoms with Crippen LogP contribution in [0.15, 0.2) is 42.5 Å². The van der Waals surface area contributed by atoms with E-state index in [0.29, 0.717) is 16.1 Å². The fourth-order valence-corrected chi connectivity index (χ4v) is 2.83. The molecule has 0 unspecified atom stereocenters. The Labute approximate surface area is 173 Å². The van der Waals surface area contributed by atoms with Crippen LogP contribution < -0.4 is 9.47 Å². The van der Waals surface area contributed by atoms with Gasteiger partial charge in [-0.05, 0) is 36.4 Å². The lowest BCUT2D eigenvalue weighted by molar-refractivity contribution is -0.386. The molecular weight excluding hydrogens is 426 g/mol. The first-order valence-corrected chi connectivity index (χ1v) is 8.70. The number of carbonyl (C=O) groups excluding carboxylic acids is 1. The summed E-state index contributed by atoms with van der Waals surface area (Å²) in [5.41, 5.74) is 0.158. The second kappa shape index (κ2) is 8.87. The van der Waals surface area contributed by atoms with E-state index in [-0.39, 0.29) is 16.9 Å². The molecule has 11 heteroatoms. The van der Waals surface area contributed by atoms with Gasteiger partial charge in [-0.1, -0.05) is 11.6 Å². The van der Waals surface area contributed by atoms with Crippen LogP contribution in [0.5, 0.6) is 11.5 Å². The maximum absolute atomic E-state index is 12.5. The van der Waals surface area contributed by atoms with Crippen molar-refractivity contribution in [2.75, 3.05) is 7.11 Å². The SMILES string of the molecule is COc1cc(COC(=O)c2ccc3nc(Cl)ccc3c2)c([N+](=O)[O-])cc1OC(F)F. The molecule has 0 saturated carbocycles. The van der Waals surface area contributed by atoms with Gasteiger partial charge in [0.05, 0.1) is 34.7 Å². The van der Waals surface area contributed by atoms with Gasteiger partial charge in [-0.25, -0.2) is 9.78 Å². The molecule has 0 atom stereocenters. The number of carbonyl (C=O) groups is 1. The van der Waals surface area contributed by atoms with Crippen LogP contribution >= 0.6 is 11.6 Å². The van der Waals surface area contributed by atoms with E-state index in [1.165, 1.54) is 19.2 Å². The van der Waals surface area contributed by atoms with Gasteiger partial charge in [0.1, 0.15) is 11.8 Å². The number of hydrogen-bond acceptors (Lipinski definition) is 7. The van der Waals surface area contributed by atoms with Crippen molar-refractivity contribution in [1.29, 1.82) is 0 Å². The largest absolute Gasteiger partial charge is 0.493 e. The molecule has 0 N–H and O–H groups in total. The van der Waals surface area contributed by atoms with E-state index < -0.39 is 35.5 Å². The van der Waals surface area contributed by atoms with Crippen LogP contribution in [0, 0.1) is 10.1 Å². The van der Waals surface area contributed by atoms with Crippen LogP contribution in [0.1, 0.15) is 15.9 Å². The van der Waals surface area contributed by atoms with Crippen molar-refractivity contribution >= 4 is 34.2 Å². The molecule has 0 radical (unpaired) electrons. The molecule has 2 aromatic carbocycles. The lowest BCUT2D eigenvalue weighted by atomic mass is 10.1. The molecule has 0 saturated heterocycles. The second-order valence-corrected chi connectivity index (χ2v) is 6.27. The number of hydrogen-bond donors (Lipinski definition) is 0. The number of rotatable bonds is 7. The van der Waals surface area contributed by atoms with Gasteiger partial charge >= 0.3 is 12.6 Å². The Balaban J connectivity index is 1.84. The molecular formula is C19H13ClF2N2O6. The molecule has 0 amide bonds. The van der Waals surface area contributed by atoms with Crippen LogP contribution in [0.25, 0.3) is 10.9 Å². The number of benzene rings is 2. The molecule has 0 spiro atoms. The Kier molecular flexibility index (Phi) is 6.26. The first-order valence-electron chi connectivity index (χ1n) is 8.32. The molecule has 156 valence electrons. The average molecular weight is 439 g/mol. The Morgan fingerprint density at radius 2 is 1.97 bits per heavy atom. The summed E-state index contributed by atoms with van der Waals surface area (Å²) in [5.74, 6) is -1.41. The zero-order valence-corrected chi connectivity index (χ0v) is 16.1. The number of methoxy groups -OCH3 is 1. The summed E-state index contributed by atoms with van der Waals surface area (Å²) in [6.07, 6.45) is 0. The molecule has 0 aliphatic rings. The molecule has 1 aromatic heterocycles. The van der Waals surface area contributed by atoms with Crippen molar-refractivity contribution in [2.24, 2.45) is 0 Å². The van der Waals surface area contributed by atoms with E-state index in [0.717, 1.165) is 12.1 Å². The van der Waals surface area contributed by atoms with Gasteiger partial charge in [0.25, 0.3) is 5.69 Å². The molecule has 3 aromatic rings. The van der Waals surface area contributed by atoms with Crippen molar-refractivity contribution in [2.45, 2.75) is 13.2 Å². The number of alkyl halides is 2. The maximum atomic E-state index is 12.5. The van der Waals surface area contributed by atoms with Gasteiger partial charge < -0.3 is 14.2 Å². The number of aromatic nitrogens is 1. The van der Waals surface area contributed by atoms with Crippen molar-refractivity contribution in [3.05, 3.63) is 68.9 Å². The minimum absolute atomic E-state index is 0.0546. The van der Waals surface area contributed by atoms with Crippen LogP contribution in [-0.4, -0.2) is 29.6 Å². The van der Waals surface area contributed by atoms with E-state index in [2.05, 4.69) is 9.72 Å². The predicted octanol–water partition coefficient (Wildman–Crippen LogP) is 4.76. The third-order valence-corrected chi connectivity index (χ3v) is 4.24. The van der Waals surface area contributed by atoms with Gasteiger partial charge in [0.2, 0.25) is 0 Å². The Hall–Kier alpha value is -3.53. The number of esters is 1. The number of nitrogens with zero attached hydrogens (tertiary/aromatic N) is 2. The molecule has 30 heavy (non-hydrogen) atoms. The first-order chi connectivity index (χ1) is 14.3. The van der Waals surface area contributed by atoms with Crippen LogP contribution in [-0.2, 0) is 11.3 Å². The lowest BCUT2D eigenvalue weighted by Crippen LogP contribution is -2.09. The van der Waals surface area contributed by atoms with Crippen molar-refractivity contribution in [3.8, 4) is 11.5 Å². The van der Waals surface area contributed by atoms with Crippen molar-refractivity contribution in [1.82, 2.24) is 4.98 Å². The fourth-order valence-electron chi connectivity index (χ4n) is 2.68. The zero-order chi connectivity index (χ0) is 21.8. The predicted molar refractivity (Wildman–Crippen MR) is 102 cm³/mol. The number of pyridine rings is 1.